The van der Waals surface area contributed by atoms with Gasteiger partial charge < -0.3 is 10.2 Å². The van der Waals surface area contributed by atoms with E-state index in [1.807, 2.05) is 6.08 Å². The number of hydrogen-bond donors (Lipinski definition) is 2. The molecule has 0 spiro atoms. The summed E-state index contributed by atoms with van der Waals surface area (Å²) in [5.74, 6) is 0.870. The highest BCUT2D eigenvalue weighted by atomic mass is 16.3. The third kappa shape index (κ3) is 2.12. The number of hydrogen-bond acceptors (Lipinski definition) is 2. The Morgan fingerprint density at radius 1 is 1.54 bits per heavy atom. The molecule has 3 atom stereocenters. The topological polar surface area (TPSA) is 40.5 Å². The van der Waals surface area contributed by atoms with Crippen molar-refractivity contribution in [3.8, 4) is 0 Å². The first kappa shape index (κ1) is 10.7. The average molecular weight is 184 g/mol. The molecule has 13 heavy (non-hydrogen) atoms. The van der Waals surface area contributed by atoms with Crippen LogP contribution in [0.1, 0.15) is 27.2 Å². The van der Waals surface area contributed by atoms with Gasteiger partial charge in [0.2, 0.25) is 0 Å². The van der Waals surface area contributed by atoms with E-state index in [-0.39, 0.29) is 18.1 Å². The van der Waals surface area contributed by atoms with Crippen LogP contribution in [0.15, 0.2) is 12.2 Å². The predicted octanol–water partition coefficient (Wildman–Crippen LogP) is 1.58. The Balaban J connectivity index is 2.85. The molecular weight excluding hydrogens is 164 g/mol. The molecule has 2 nitrogen and oxygen atoms in total. The number of aliphatic hydroxyl groups is 2. The second kappa shape index (κ2) is 3.81. The predicted molar refractivity (Wildman–Crippen MR) is 53.3 cm³/mol. The molecule has 1 rings (SSSR count). The molecule has 0 aliphatic heterocycles. The Labute approximate surface area is 80.3 Å². The summed E-state index contributed by atoms with van der Waals surface area (Å²) < 4.78 is 0. The molecule has 0 saturated carbocycles. The van der Waals surface area contributed by atoms with E-state index in [0.717, 1.165) is 6.42 Å². The van der Waals surface area contributed by atoms with E-state index in [9.17, 15) is 10.2 Å². The van der Waals surface area contributed by atoms with Gasteiger partial charge in [0.25, 0.3) is 0 Å². The lowest BCUT2D eigenvalue weighted by Crippen LogP contribution is -2.38. The summed E-state index contributed by atoms with van der Waals surface area (Å²) in [7, 11) is 0. The maximum Gasteiger partial charge on any atom is 0.0724 e. The van der Waals surface area contributed by atoms with E-state index in [0.29, 0.717) is 11.8 Å². The molecule has 0 aromatic carbocycles. The smallest absolute Gasteiger partial charge is 0.0724 e. The van der Waals surface area contributed by atoms with Crippen molar-refractivity contribution < 1.29 is 10.2 Å². The number of aliphatic hydroxyl groups excluding tert-OH is 2. The zero-order chi connectivity index (χ0) is 10.1. The Bertz CT molecular complexity index is 198. The molecule has 0 saturated heterocycles. The lowest BCUT2D eigenvalue weighted by molar-refractivity contribution is 0.0468. The summed E-state index contributed by atoms with van der Waals surface area (Å²) in [6, 6.07) is 0. The summed E-state index contributed by atoms with van der Waals surface area (Å²) in [4.78, 5) is 0. The molecule has 2 heteroatoms. The third-order valence-corrected chi connectivity index (χ3v) is 3.19. The molecule has 2 N–H and O–H groups in total. The second-order valence-electron chi connectivity index (χ2n) is 4.68. The summed E-state index contributed by atoms with van der Waals surface area (Å²) in [6.45, 7) is 6.51. The normalized spacial score (nSPS) is 39.8. The van der Waals surface area contributed by atoms with Crippen molar-refractivity contribution >= 4 is 0 Å². The van der Waals surface area contributed by atoms with Crippen molar-refractivity contribution in [3.63, 3.8) is 0 Å². The molecule has 0 fully saturated rings. The zero-order valence-electron chi connectivity index (χ0n) is 8.70. The van der Waals surface area contributed by atoms with E-state index >= 15 is 0 Å². The highest BCUT2D eigenvalue weighted by Gasteiger charge is 2.37. The van der Waals surface area contributed by atoms with Gasteiger partial charge in [-0.05, 0) is 18.3 Å². The van der Waals surface area contributed by atoms with Gasteiger partial charge in [-0.2, -0.15) is 0 Å². The van der Waals surface area contributed by atoms with Gasteiger partial charge in [0.15, 0.2) is 0 Å². The van der Waals surface area contributed by atoms with Gasteiger partial charge in [0.1, 0.15) is 0 Å². The Kier molecular flexibility index (Phi) is 3.14. The van der Waals surface area contributed by atoms with Crippen LogP contribution < -0.4 is 0 Å². The maximum absolute atomic E-state index is 9.49. The van der Waals surface area contributed by atoms with Gasteiger partial charge in [0.05, 0.1) is 12.7 Å². The van der Waals surface area contributed by atoms with Crippen LogP contribution in [0, 0.1) is 17.3 Å². The minimum atomic E-state index is -0.327. The highest BCUT2D eigenvalue weighted by molar-refractivity contribution is 5.09. The summed E-state index contributed by atoms with van der Waals surface area (Å²) in [6.07, 6.45) is 4.21. The SMILES string of the molecule is CC(C)[C@@H]1C[C@H](O)C=C[C@]1(C)CO. The lowest BCUT2D eigenvalue weighted by atomic mass is 9.66. The first-order chi connectivity index (χ1) is 5.99. The van der Waals surface area contributed by atoms with Gasteiger partial charge in [-0.1, -0.05) is 32.9 Å². The summed E-state index contributed by atoms with van der Waals surface area (Å²) in [5.41, 5.74) is -0.145. The fraction of sp³-hybridized carbons (Fsp3) is 0.818. The van der Waals surface area contributed by atoms with Crippen LogP contribution >= 0.6 is 0 Å². The molecular formula is C11H20O2. The minimum absolute atomic E-state index is 0.145. The molecule has 0 amide bonds. The molecule has 0 bridgehead atoms. The quantitative estimate of drug-likeness (QED) is 0.640. The molecule has 76 valence electrons. The Morgan fingerprint density at radius 2 is 2.15 bits per heavy atom. The molecule has 0 heterocycles. The maximum atomic E-state index is 9.49. The second-order valence-corrected chi connectivity index (χ2v) is 4.68. The van der Waals surface area contributed by atoms with Gasteiger partial charge in [0, 0.05) is 5.41 Å². The van der Waals surface area contributed by atoms with Gasteiger partial charge in [-0.15, -0.1) is 0 Å². The van der Waals surface area contributed by atoms with Crippen molar-refractivity contribution in [3.05, 3.63) is 12.2 Å². The fourth-order valence-electron chi connectivity index (χ4n) is 2.27. The highest BCUT2D eigenvalue weighted by Crippen LogP contribution is 2.40. The van der Waals surface area contributed by atoms with Crippen LogP contribution in [-0.4, -0.2) is 22.9 Å². The van der Waals surface area contributed by atoms with E-state index in [1.165, 1.54) is 0 Å². The van der Waals surface area contributed by atoms with Crippen molar-refractivity contribution in [2.75, 3.05) is 6.61 Å². The monoisotopic (exact) mass is 184 g/mol. The number of rotatable bonds is 2. The van der Waals surface area contributed by atoms with E-state index < -0.39 is 0 Å². The van der Waals surface area contributed by atoms with Crippen LogP contribution in [0.5, 0.6) is 0 Å². The molecule has 0 radical (unpaired) electrons. The molecule has 0 aromatic rings. The summed E-state index contributed by atoms with van der Waals surface area (Å²) in [5, 5.41) is 18.8. The van der Waals surface area contributed by atoms with Crippen molar-refractivity contribution in [1.82, 2.24) is 0 Å². The van der Waals surface area contributed by atoms with E-state index in [4.69, 9.17) is 0 Å². The summed E-state index contributed by atoms with van der Waals surface area (Å²) >= 11 is 0. The minimum Gasteiger partial charge on any atom is -0.395 e. The molecule has 1 aliphatic rings. The Morgan fingerprint density at radius 3 is 2.62 bits per heavy atom. The van der Waals surface area contributed by atoms with Crippen LogP contribution in [-0.2, 0) is 0 Å². The molecule has 0 aromatic heterocycles. The van der Waals surface area contributed by atoms with E-state index in [2.05, 4.69) is 20.8 Å². The molecule has 0 unspecified atom stereocenters. The van der Waals surface area contributed by atoms with Gasteiger partial charge in [-0.25, -0.2) is 0 Å². The zero-order valence-corrected chi connectivity index (χ0v) is 8.70. The Hall–Kier alpha value is -0.340. The van der Waals surface area contributed by atoms with E-state index in [1.54, 1.807) is 6.08 Å². The van der Waals surface area contributed by atoms with Crippen LogP contribution in [0.4, 0.5) is 0 Å². The van der Waals surface area contributed by atoms with Gasteiger partial charge in [-0.3, -0.25) is 0 Å². The van der Waals surface area contributed by atoms with Crippen molar-refractivity contribution in [2.24, 2.45) is 17.3 Å². The first-order valence-electron chi connectivity index (χ1n) is 4.98. The third-order valence-electron chi connectivity index (χ3n) is 3.19. The van der Waals surface area contributed by atoms with Crippen molar-refractivity contribution in [1.29, 1.82) is 0 Å². The lowest BCUT2D eigenvalue weighted by Gasteiger charge is -2.40. The largest absolute Gasteiger partial charge is 0.395 e. The van der Waals surface area contributed by atoms with Gasteiger partial charge >= 0.3 is 0 Å². The van der Waals surface area contributed by atoms with Crippen LogP contribution in [0.25, 0.3) is 0 Å². The van der Waals surface area contributed by atoms with Crippen LogP contribution in [0.2, 0.25) is 0 Å². The average Bonchev–Trinajstić information content (AvgIpc) is 2.09. The fourth-order valence-corrected chi connectivity index (χ4v) is 2.27. The molecule has 1 aliphatic carbocycles. The van der Waals surface area contributed by atoms with Crippen molar-refractivity contribution in [2.45, 2.75) is 33.3 Å². The standard InChI is InChI=1S/C11H20O2/c1-8(2)10-6-9(13)4-5-11(10,3)7-12/h4-5,8-10,12-13H,6-7H2,1-3H3/t9-,10+,11-/m1/s1. The van der Waals surface area contributed by atoms with Crippen LogP contribution in [0.3, 0.4) is 0 Å². The first-order valence-corrected chi connectivity index (χ1v) is 4.98.